The van der Waals surface area contributed by atoms with Gasteiger partial charge in [0.1, 0.15) is 0 Å². The number of halogens is 6. The van der Waals surface area contributed by atoms with E-state index in [-0.39, 0.29) is 15.9 Å². The third kappa shape index (κ3) is 5.93. The summed E-state index contributed by atoms with van der Waals surface area (Å²) in [4.78, 5) is 0. The molecule has 0 fully saturated rings. The van der Waals surface area contributed by atoms with Gasteiger partial charge >= 0.3 is 12.4 Å². The zero-order valence-electron chi connectivity index (χ0n) is 25.7. The zero-order valence-corrected chi connectivity index (χ0v) is 27.5. The standard InChI is InChI=1S/C38H28F6O2P2/c1-25-7-15-29(16-8-25)47(45,30-17-9-26(2)10-18-30)35-23-24-36(34-6-4-3-5-33(34)35)48(46,31-19-11-27(12-20-31)37(39,40)41)32-21-13-28(14-22-32)38(42,43)44/h3-24H,1-2H3. The number of hydrogen-bond acceptors (Lipinski definition) is 2. The fourth-order valence-electron chi connectivity index (χ4n) is 5.90. The van der Waals surface area contributed by atoms with Crippen LogP contribution in [0.4, 0.5) is 26.3 Å². The Morgan fingerprint density at radius 1 is 0.396 bits per heavy atom. The maximum atomic E-state index is 15.5. The number of rotatable bonds is 6. The maximum Gasteiger partial charge on any atom is 0.416 e. The Balaban J connectivity index is 1.65. The SMILES string of the molecule is Cc1ccc(P(=O)(c2ccc(C)cc2)c2ccc(P(=O)(c3ccc(C(F)(F)F)cc3)c3ccc(C(F)(F)F)cc3)c3ccccc23)cc1. The third-order valence-electron chi connectivity index (χ3n) is 8.47. The van der Waals surface area contributed by atoms with Crippen molar-refractivity contribution < 1.29 is 35.5 Å². The van der Waals surface area contributed by atoms with Gasteiger partial charge in [0.05, 0.1) is 11.1 Å². The highest BCUT2D eigenvalue weighted by molar-refractivity contribution is 7.86. The molecule has 0 aliphatic carbocycles. The molecule has 0 amide bonds. The highest BCUT2D eigenvalue weighted by Crippen LogP contribution is 2.49. The van der Waals surface area contributed by atoms with Crippen molar-refractivity contribution in [1.29, 1.82) is 0 Å². The summed E-state index contributed by atoms with van der Waals surface area (Å²) in [5.74, 6) is 0. The minimum absolute atomic E-state index is 0.00779. The van der Waals surface area contributed by atoms with Crippen molar-refractivity contribution in [3.8, 4) is 0 Å². The maximum absolute atomic E-state index is 15.5. The van der Waals surface area contributed by atoms with E-state index in [4.69, 9.17) is 0 Å². The average molecular weight is 693 g/mol. The van der Waals surface area contributed by atoms with Gasteiger partial charge in [-0.3, -0.25) is 0 Å². The van der Waals surface area contributed by atoms with Gasteiger partial charge in [0.25, 0.3) is 0 Å². The van der Waals surface area contributed by atoms with Crippen LogP contribution in [0.3, 0.4) is 0 Å². The lowest BCUT2D eigenvalue weighted by atomic mass is 10.1. The molecule has 6 aromatic rings. The van der Waals surface area contributed by atoms with Crippen LogP contribution in [0.5, 0.6) is 0 Å². The Kier molecular flexibility index (Phi) is 8.56. The Bertz CT molecular complexity index is 2090. The van der Waals surface area contributed by atoms with E-state index >= 15 is 9.13 Å². The molecule has 0 atom stereocenters. The molecule has 6 rings (SSSR count). The van der Waals surface area contributed by atoms with Crippen LogP contribution in [0.1, 0.15) is 22.3 Å². The summed E-state index contributed by atoms with van der Waals surface area (Å²) in [6, 6.07) is 32.4. The minimum Gasteiger partial charge on any atom is -0.309 e. The van der Waals surface area contributed by atoms with E-state index in [1.165, 1.54) is 0 Å². The van der Waals surface area contributed by atoms with E-state index in [1.54, 1.807) is 36.4 Å². The summed E-state index contributed by atoms with van der Waals surface area (Å²) in [6.45, 7) is 3.84. The fourth-order valence-corrected chi connectivity index (χ4v) is 11.5. The van der Waals surface area contributed by atoms with E-state index < -0.39 is 37.8 Å². The Morgan fingerprint density at radius 2 is 0.667 bits per heavy atom. The summed E-state index contributed by atoms with van der Waals surface area (Å²) in [6.07, 6.45) is -9.31. The van der Waals surface area contributed by atoms with Gasteiger partial charge in [-0.25, -0.2) is 0 Å². The number of alkyl halides is 6. The number of fused-ring (bicyclic) bond motifs is 1. The topological polar surface area (TPSA) is 34.1 Å². The largest absolute Gasteiger partial charge is 0.416 e. The molecule has 48 heavy (non-hydrogen) atoms. The molecular formula is C38H28F6O2P2. The summed E-state index contributed by atoms with van der Waals surface area (Å²) in [7, 11) is -7.69. The molecule has 0 unspecified atom stereocenters. The van der Waals surface area contributed by atoms with Crippen LogP contribution in [0, 0.1) is 13.8 Å². The van der Waals surface area contributed by atoms with Gasteiger partial charge in [0, 0.05) is 31.8 Å². The number of benzene rings is 6. The predicted octanol–water partition coefficient (Wildman–Crippen LogP) is 8.77. The molecule has 0 N–H and O–H groups in total. The Labute approximate surface area is 273 Å². The third-order valence-corrected chi connectivity index (χ3v) is 14.7. The van der Waals surface area contributed by atoms with E-state index in [0.29, 0.717) is 26.7 Å². The smallest absolute Gasteiger partial charge is 0.309 e. The quantitative estimate of drug-likeness (QED) is 0.129. The molecule has 6 aromatic carbocycles. The molecule has 0 heterocycles. The zero-order chi connectivity index (χ0) is 34.5. The summed E-state index contributed by atoms with van der Waals surface area (Å²) in [5.41, 5.74) is 0.0389. The van der Waals surface area contributed by atoms with Gasteiger partial charge < -0.3 is 9.13 Å². The summed E-state index contributed by atoms with van der Waals surface area (Å²) < 4.78 is 112. The van der Waals surface area contributed by atoms with E-state index in [0.717, 1.165) is 59.7 Å². The second kappa shape index (κ2) is 12.3. The first-order valence-corrected chi connectivity index (χ1v) is 18.3. The first kappa shape index (κ1) is 33.5. The van der Waals surface area contributed by atoms with Gasteiger partial charge in [-0.2, -0.15) is 26.3 Å². The van der Waals surface area contributed by atoms with Crippen molar-refractivity contribution in [2.45, 2.75) is 26.2 Å². The van der Waals surface area contributed by atoms with Gasteiger partial charge in [-0.1, -0.05) is 108 Å². The number of aryl methyl sites for hydroxylation is 2. The van der Waals surface area contributed by atoms with E-state index in [1.807, 2.05) is 62.4 Å². The molecule has 10 heteroatoms. The Morgan fingerprint density at radius 3 is 0.938 bits per heavy atom. The number of hydrogen-bond donors (Lipinski definition) is 0. The van der Waals surface area contributed by atoms with Gasteiger partial charge in [0.15, 0.2) is 14.3 Å². The first-order valence-electron chi connectivity index (χ1n) is 14.9. The lowest BCUT2D eigenvalue weighted by Crippen LogP contribution is -2.30. The molecule has 0 spiro atoms. The molecule has 0 saturated heterocycles. The lowest BCUT2D eigenvalue weighted by Gasteiger charge is -2.26. The van der Waals surface area contributed by atoms with Gasteiger partial charge in [0.2, 0.25) is 0 Å². The normalized spacial score (nSPS) is 12.8. The van der Waals surface area contributed by atoms with Crippen LogP contribution < -0.4 is 31.8 Å². The van der Waals surface area contributed by atoms with Gasteiger partial charge in [-0.15, -0.1) is 0 Å². The van der Waals surface area contributed by atoms with E-state index in [2.05, 4.69) is 0 Å². The van der Waals surface area contributed by atoms with Crippen LogP contribution in [0.15, 0.2) is 133 Å². The van der Waals surface area contributed by atoms with Crippen molar-refractivity contribution in [3.05, 3.63) is 156 Å². The van der Waals surface area contributed by atoms with Crippen LogP contribution >= 0.6 is 14.3 Å². The van der Waals surface area contributed by atoms with Crippen molar-refractivity contribution in [2.24, 2.45) is 0 Å². The molecule has 0 saturated carbocycles. The average Bonchev–Trinajstić information content (AvgIpc) is 3.07. The minimum atomic E-state index is -4.65. The molecule has 0 bridgehead atoms. The van der Waals surface area contributed by atoms with Crippen molar-refractivity contribution in [2.75, 3.05) is 0 Å². The fraction of sp³-hybridized carbons (Fsp3) is 0.105. The van der Waals surface area contributed by atoms with Crippen molar-refractivity contribution >= 4 is 56.9 Å². The molecule has 244 valence electrons. The van der Waals surface area contributed by atoms with E-state index in [9.17, 15) is 26.3 Å². The second-order valence-electron chi connectivity index (χ2n) is 11.6. The van der Waals surface area contributed by atoms with Crippen molar-refractivity contribution in [3.63, 3.8) is 0 Å². The highest BCUT2D eigenvalue weighted by Gasteiger charge is 2.38. The van der Waals surface area contributed by atoms with Crippen LogP contribution in [-0.2, 0) is 21.5 Å². The molecule has 0 radical (unpaired) electrons. The first-order chi connectivity index (χ1) is 22.6. The van der Waals surface area contributed by atoms with Gasteiger partial charge in [-0.05, 0) is 61.0 Å². The van der Waals surface area contributed by atoms with Crippen LogP contribution in [0.25, 0.3) is 10.8 Å². The van der Waals surface area contributed by atoms with Crippen molar-refractivity contribution in [1.82, 2.24) is 0 Å². The molecule has 0 aliphatic rings. The van der Waals surface area contributed by atoms with Crippen LogP contribution in [-0.4, -0.2) is 0 Å². The predicted molar refractivity (Wildman–Crippen MR) is 182 cm³/mol. The molecule has 0 aliphatic heterocycles. The Hall–Kier alpha value is -4.38. The molecular weight excluding hydrogens is 664 g/mol. The van der Waals surface area contributed by atoms with Crippen LogP contribution in [0.2, 0.25) is 0 Å². The molecule has 0 aromatic heterocycles. The highest BCUT2D eigenvalue weighted by atomic mass is 31.2. The second-order valence-corrected chi connectivity index (χ2v) is 17.1. The lowest BCUT2D eigenvalue weighted by molar-refractivity contribution is -0.138. The summed E-state index contributed by atoms with van der Waals surface area (Å²) in [5, 5.41) is 2.73. The molecule has 2 nitrogen and oxygen atoms in total. The summed E-state index contributed by atoms with van der Waals surface area (Å²) >= 11 is 0. The monoisotopic (exact) mass is 692 g/mol.